The minimum Gasteiger partial charge on any atom is -0.491 e. The Bertz CT molecular complexity index is 1120. The third-order valence-corrected chi connectivity index (χ3v) is 5.25. The molecule has 0 aliphatic carbocycles. The maximum Gasteiger partial charge on any atom is 0.177 e. The van der Waals surface area contributed by atoms with Gasteiger partial charge < -0.3 is 9.84 Å². The van der Waals surface area contributed by atoms with Crippen molar-refractivity contribution in [1.82, 2.24) is 0 Å². The first-order valence-electron chi connectivity index (χ1n) is 10.7. The summed E-state index contributed by atoms with van der Waals surface area (Å²) in [5.74, 6) is 0.759. The van der Waals surface area contributed by atoms with Gasteiger partial charge in [0.1, 0.15) is 18.5 Å². The van der Waals surface area contributed by atoms with Gasteiger partial charge in [-0.05, 0) is 28.8 Å². The van der Waals surface area contributed by atoms with Gasteiger partial charge in [0.15, 0.2) is 24.7 Å². The Labute approximate surface area is 188 Å². The molecule has 3 aromatic carbocycles. The van der Waals surface area contributed by atoms with Crippen LogP contribution in [0.1, 0.15) is 15.9 Å². The highest BCUT2D eigenvalue weighted by Crippen LogP contribution is 2.17. The zero-order chi connectivity index (χ0) is 22.2. The summed E-state index contributed by atoms with van der Waals surface area (Å²) in [7, 11) is 0. The van der Waals surface area contributed by atoms with Crippen LogP contribution in [0.15, 0.2) is 109 Å². The molecule has 1 unspecified atom stereocenters. The molecule has 0 bridgehead atoms. The van der Waals surface area contributed by atoms with Crippen LogP contribution in [-0.2, 0) is 13.0 Å². The van der Waals surface area contributed by atoms with Crippen LogP contribution in [0.25, 0.3) is 11.1 Å². The quantitative estimate of drug-likeness (QED) is 0.318. The van der Waals surface area contributed by atoms with Crippen LogP contribution in [0.2, 0.25) is 0 Å². The number of hydrogen-bond acceptors (Lipinski definition) is 3. The van der Waals surface area contributed by atoms with Crippen molar-refractivity contribution in [3.8, 4) is 16.9 Å². The number of carbonyl (C=O) groups excluding carboxylic acids is 1. The maximum absolute atomic E-state index is 12.3. The Balaban J connectivity index is 1.26. The lowest BCUT2D eigenvalue weighted by Gasteiger charge is -2.11. The van der Waals surface area contributed by atoms with Crippen molar-refractivity contribution in [1.29, 1.82) is 0 Å². The summed E-state index contributed by atoms with van der Waals surface area (Å²) in [5.41, 5.74) is 3.95. The van der Waals surface area contributed by atoms with E-state index in [-0.39, 0.29) is 12.4 Å². The molecule has 1 aromatic heterocycles. The predicted molar refractivity (Wildman–Crippen MR) is 124 cm³/mol. The summed E-state index contributed by atoms with van der Waals surface area (Å²) in [6.07, 6.45) is 3.64. The van der Waals surface area contributed by atoms with E-state index < -0.39 is 6.10 Å². The Morgan fingerprint density at radius 3 is 2.03 bits per heavy atom. The van der Waals surface area contributed by atoms with Crippen LogP contribution >= 0.6 is 0 Å². The lowest BCUT2D eigenvalue weighted by atomic mass is 10.0. The molecule has 1 N–H and O–H groups in total. The number of aromatic nitrogens is 1. The molecule has 0 saturated heterocycles. The molecule has 1 heterocycles. The van der Waals surface area contributed by atoms with Gasteiger partial charge in [0.2, 0.25) is 0 Å². The van der Waals surface area contributed by atoms with Crippen LogP contribution in [0.4, 0.5) is 0 Å². The molecule has 1 atom stereocenters. The van der Waals surface area contributed by atoms with Gasteiger partial charge in [-0.3, -0.25) is 4.79 Å². The molecule has 0 radical (unpaired) electrons. The van der Waals surface area contributed by atoms with E-state index in [2.05, 4.69) is 12.1 Å². The van der Waals surface area contributed by atoms with E-state index in [1.165, 1.54) is 0 Å². The SMILES string of the molecule is O=C(Cc1ccc(OCC(O)C[n+]2ccc(-c3ccccc3)cc2)cc1)c1ccccc1. The number of carbonyl (C=O) groups is 1. The van der Waals surface area contributed by atoms with Crippen molar-refractivity contribution < 1.29 is 19.2 Å². The summed E-state index contributed by atoms with van der Waals surface area (Å²) >= 11 is 0. The van der Waals surface area contributed by atoms with Crippen molar-refractivity contribution in [2.45, 2.75) is 19.1 Å². The number of rotatable bonds is 9. The predicted octanol–water partition coefficient (Wildman–Crippen LogP) is 4.51. The highest BCUT2D eigenvalue weighted by molar-refractivity contribution is 5.97. The van der Waals surface area contributed by atoms with E-state index in [1.54, 1.807) is 0 Å². The molecule has 4 nitrogen and oxygen atoms in total. The maximum atomic E-state index is 12.3. The highest BCUT2D eigenvalue weighted by atomic mass is 16.5. The van der Waals surface area contributed by atoms with Crippen LogP contribution in [0.3, 0.4) is 0 Å². The number of nitrogens with zero attached hydrogens (tertiary/aromatic N) is 1. The van der Waals surface area contributed by atoms with Crippen LogP contribution < -0.4 is 9.30 Å². The molecule has 4 rings (SSSR count). The van der Waals surface area contributed by atoms with Crippen LogP contribution in [-0.4, -0.2) is 23.6 Å². The van der Waals surface area contributed by atoms with E-state index in [0.717, 1.165) is 16.7 Å². The van der Waals surface area contributed by atoms with Gasteiger partial charge in [-0.25, -0.2) is 4.57 Å². The molecular weight excluding hydrogens is 398 g/mol. The van der Waals surface area contributed by atoms with E-state index in [4.69, 9.17) is 4.74 Å². The second-order valence-electron chi connectivity index (χ2n) is 7.72. The van der Waals surface area contributed by atoms with Crippen molar-refractivity contribution in [2.75, 3.05) is 6.61 Å². The van der Waals surface area contributed by atoms with Gasteiger partial charge in [-0.2, -0.15) is 0 Å². The number of aliphatic hydroxyl groups is 1. The minimum absolute atomic E-state index is 0.0880. The summed E-state index contributed by atoms with van der Waals surface area (Å²) in [6, 6.07) is 31.0. The highest BCUT2D eigenvalue weighted by Gasteiger charge is 2.13. The smallest absolute Gasteiger partial charge is 0.177 e. The first-order chi connectivity index (χ1) is 15.7. The molecule has 0 amide bonds. The number of pyridine rings is 1. The first-order valence-corrected chi connectivity index (χ1v) is 10.7. The molecule has 0 aliphatic rings. The van der Waals surface area contributed by atoms with Crippen molar-refractivity contribution in [3.05, 3.63) is 121 Å². The van der Waals surface area contributed by atoms with E-state index >= 15 is 0 Å². The summed E-state index contributed by atoms with van der Waals surface area (Å²) in [6.45, 7) is 0.633. The fourth-order valence-electron chi connectivity index (χ4n) is 3.51. The van der Waals surface area contributed by atoms with Crippen LogP contribution in [0, 0.1) is 0 Å². The normalized spacial score (nSPS) is 11.7. The Kier molecular flexibility index (Phi) is 7.05. The molecule has 0 saturated carbocycles. The van der Waals surface area contributed by atoms with Gasteiger partial charge in [-0.15, -0.1) is 0 Å². The molecule has 32 heavy (non-hydrogen) atoms. The molecular formula is C28H26NO3+. The fourth-order valence-corrected chi connectivity index (χ4v) is 3.51. The molecule has 4 aromatic rings. The first kappa shape index (κ1) is 21.5. The van der Waals surface area contributed by atoms with Gasteiger partial charge in [0, 0.05) is 24.1 Å². The largest absolute Gasteiger partial charge is 0.491 e. The summed E-state index contributed by atoms with van der Waals surface area (Å²) in [5, 5.41) is 10.4. The van der Waals surface area contributed by atoms with Gasteiger partial charge in [0.25, 0.3) is 0 Å². The zero-order valence-electron chi connectivity index (χ0n) is 17.8. The molecule has 0 spiro atoms. The average molecular weight is 425 g/mol. The monoisotopic (exact) mass is 424 g/mol. The third-order valence-electron chi connectivity index (χ3n) is 5.25. The number of ether oxygens (including phenoxy) is 1. The molecule has 0 aliphatic heterocycles. The topological polar surface area (TPSA) is 50.4 Å². The lowest BCUT2D eigenvalue weighted by Crippen LogP contribution is -2.41. The number of hydrogen-bond donors (Lipinski definition) is 1. The van der Waals surface area contributed by atoms with Crippen molar-refractivity contribution in [3.63, 3.8) is 0 Å². The Morgan fingerprint density at radius 2 is 1.38 bits per heavy atom. The van der Waals surface area contributed by atoms with Crippen molar-refractivity contribution in [2.24, 2.45) is 0 Å². The molecule has 4 heteroatoms. The number of aliphatic hydroxyl groups excluding tert-OH is 1. The van der Waals surface area contributed by atoms with Crippen LogP contribution in [0.5, 0.6) is 5.75 Å². The second-order valence-corrected chi connectivity index (χ2v) is 7.72. The number of ketones is 1. The Hall–Kier alpha value is -3.76. The summed E-state index contributed by atoms with van der Waals surface area (Å²) < 4.78 is 7.67. The van der Waals surface area contributed by atoms with E-state index in [9.17, 15) is 9.90 Å². The van der Waals surface area contributed by atoms with Gasteiger partial charge >= 0.3 is 0 Å². The fraction of sp³-hybridized carbons (Fsp3) is 0.143. The van der Waals surface area contributed by atoms with Crippen molar-refractivity contribution >= 4 is 5.78 Å². The van der Waals surface area contributed by atoms with E-state index in [0.29, 0.717) is 24.3 Å². The standard InChI is InChI=1S/C28H26NO3/c30-26(20-29-17-15-24(16-18-29)23-7-3-1-4-8-23)21-32-27-13-11-22(12-14-27)19-28(31)25-9-5-2-6-10-25/h1-18,26,30H,19-21H2/q+1. The number of benzene rings is 3. The molecule has 0 fully saturated rings. The third kappa shape index (κ3) is 5.90. The van der Waals surface area contributed by atoms with E-state index in [1.807, 2.05) is 102 Å². The average Bonchev–Trinajstić information content (AvgIpc) is 2.85. The molecule has 160 valence electrons. The second kappa shape index (κ2) is 10.5. The zero-order valence-corrected chi connectivity index (χ0v) is 17.8. The van der Waals surface area contributed by atoms with Gasteiger partial charge in [-0.1, -0.05) is 72.8 Å². The lowest BCUT2D eigenvalue weighted by molar-refractivity contribution is -0.703. The Morgan fingerprint density at radius 1 is 0.781 bits per heavy atom. The number of Topliss-reactive ketones (excluding diaryl/α,β-unsaturated/α-hetero) is 1. The van der Waals surface area contributed by atoms with Gasteiger partial charge in [0.05, 0.1) is 0 Å². The minimum atomic E-state index is -0.637. The summed E-state index contributed by atoms with van der Waals surface area (Å²) in [4.78, 5) is 12.3.